The highest BCUT2D eigenvalue weighted by atomic mass is 32.1. The minimum Gasteiger partial charge on any atom is -0.503 e. The number of aliphatic hydroxyl groups is 1. The molecule has 2 aromatic heterocycles. The quantitative estimate of drug-likeness (QED) is 0.257. The van der Waals surface area contributed by atoms with E-state index < -0.39 is 34.2 Å². The van der Waals surface area contributed by atoms with Crippen molar-refractivity contribution in [2.45, 2.75) is 6.04 Å². The Balaban J connectivity index is 1.70. The largest absolute Gasteiger partial charge is 0.503 e. The molecular weight excluding hydrogens is 453 g/mol. The molecule has 3 heterocycles. The lowest BCUT2D eigenvalue weighted by Gasteiger charge is -2.24. The van der Waals surface area contributed by atoms with Gasteiger partial charge in [0.2, 0.25) is 5.78 Å². The summed E-state index contributed by atoms with van der Waals surface area (Å²) in [6.45, 7) is 0. The molecule has 1 aliphatic rings. The number of carbonyl (C=O) groups is 2. The first kappa shape index (κ1) is 20.5. The summed E-state index contributed by atoms with van der Waals surface area (Å²) in [5.74, 6) is -3.10. The number of hydrogen-bond acceptors (Lipinski definition) is 8. The van der Waals surface area contributed by atoms with Crippen molar-refractivity contribution in [2.75, 3.05) is 4.90 Å². The number of amides is 1. The molecule has 1 amide bonds. The number of nitro groups is 1. The standard InChI is InChI=1S/C22H12FN3O6S/c23-12-6-7-14-16(10-12)33-22(24-14)25-18(11-3-1-4-13(9-11)26(30)31)17(20(28)21(25)29)19(27)15-5-2-8-32-15/h1-10,18,28H. The first-order chi connectivity index (χ1) is 15.8. The Kier molecular flexibility index (Phi) is 4.75. The predicted octanol–water partition coefficient (Wildman–Crippen LogP) is 4.72. The second kappa shape index (κ2) is 7.64. The number of benzene rings is 2. The number of nitro benzene ring substituents is 1. The van der Waals surface area contributed by atoms with Crippen molar-refractivity contribution in [2.24, 2.45) is 0 Å². The van der Waals surface area contributed by atoms with Gasteiger partial charge in [0, 0.05) is 12.1 Å². The molecule has 0 spiro atoms. The van der Waals surface area contributed by atoms with Crippen LogP contribution in [0.3, 0.4) is 0 Å². The van der Waals surface area contributed by atoms with Gasteiger partial charge in [0.1, 0.15) is 5.82 Å². The zero-order valence-electron chi connectivity index (χ0n) is 16.5. The summed E-state index contributed by atoms with van der Waals surface area (Å²) in [6.07, 6.45) is 1.27. The second-order valence-electron chi connectivity index (χ2n) is 7.11. The second-order valence-corrected chi connectivity index (χ2v) is 8.12. The maximum atomic E-state index is 13.7. The Morgan fingerprint density at radius 1 is 1.21 bits per heavy atom. The molecule has 33 heavy (non-hydrogen) atoms. The van der Waals surface area contributed by atoms with Gasteiger partial charge in [-0.3, -0.25) is 24.6 Å². The van der Waals surface area contributed by atoms with E-state index in [1.807, 2.05) is 0 Å². The molecule has 164 valence electrons. The van der Waals surface area contributed by atoms with Crippen molar-refractivity contribution >= 4 is 44.1 Å². The number of furan rings is 1. The minimum absolute atomic E-state index is 0.0888. The van der Waals surface area contributed by atoms with Crippen LogP contribution in [0.4, 0.5) is 15.2 Å². The average Bonchev–Trinajstić information content (AvgIpc) is 3.52. The maximum Gasteiger partial charge on any atom is 0.296 e. The smallest absolute Gasteiger partial charge is 0.296 e. The zero-order chi connectivity index (χ0) is 23.3. The van der Waals surface area contributed by atoms with Crippen LogP contribution < -0.4 is 4.90 Å². The molecular formula is C22H12FN3O6S. The number of non-ortho nitro benzene ring substituents is 1. The maximum absolute atomic E-state index is 13.7. The van der Waals surface area contributed by atoms with Gasteiger partial charge in [0.05, 0.1) is 33.0 Å². The summed E-state index contributed by atoms with van der Waals surface area (Å²) in [4.78, 5) is 42.5. The molecule has 0 saturated heterocycles. The van der Waals surface area contributed by atoms with Gasteiger partial charge >= 0.3 is 0 Å². The Labute approximate surface area is 188 Å². The number of fused-ring (bicyclic) bond motifs is 1. The Hall–Kier alpha value is -4.38. The Bertz CT molecular complexity index is 1480. The van der Waals surface area contributed by atoms with Crippen molar-refractivity contribution < 1.29 is 28.4 Å². The van der Waals surface area contributed by atoms with Crippen molar-refractivity contribution in [3.63, 3.8) is 0 Å². The Morgan fingerprint density at radius 2 is 2.03 bits per heavy atom. The van der Waals surface area contributed by atoms with Gasteiger partial charge in [-0.05, 0) is 35.9 Å². The lowest BCUT2D eigenvalue weighted by Crippen LogP contribution is -2.31. The molecule has 9 nitrogen and oxygen atoms in total. The van der Waals surface area contributed by atoms with Crippen molar-refractivity contribution in [1.29, 1.82) is 0 Å². The van der Waals surface area contributed by atoms with Crippen LogP contribution in [0.5, 0.6) is 0 Å². The fourth-order valence-electron chi connectivity index (χ4n) is 3.69. The van der Waals surface area contributed by atoms with Crippen molar-refractivity contribution in [3.05, 3.63) is 99.4 Å². The van der Waals surface area contributed by atoms with Crippen molar-refractivity contribution in [3.8, 4) is 0 Å². The molecule has 0 radical (unpaired) electrons. The van der Waals surface area contributed by atoms with E-state index in [1.54, 1.807) is 0 Å². The zero-order valence-corrected chi connectivity index (χ0v) is 17.3. The number of thiazole rings is 1. The molecule has 1 aliphatic heterocycles. The van der Waals surface area contributed by atoms with Crippen LogP contribution >= 0.6 is 11.3 Å². The molecule has 0 saturated carbocycles. The molecule has 11 heteroatoms. The van der Waals surface area contributed by atoms with Crippen LogP contribution in [0, 0.1) is 15.9 Å². The van der Waals surface area contributed by atoms with E-state index in [1.165, 1.54) is 60.9 Å². The normalized spacial score (nSPS) is 16.1. The van der Waals surface area contributed by atoms with Gasteiger partial charge in [-0.2, -0.15) is 0 Å². The number of halogens is 1. The van der Waals surface area contributed by atoms with E-state index in [4.69, 9.17) is 4.42 Å². The van der Waals surface area contributed by atoms with Crippen LogP contribution in [-0.4, -0.2) is 26.7 Å². The topological polar surface area (TPSA) is 127 Å². The number of anilines is 1. The number of hydrogen-bond donors (Lipinski definition) is 1. The van der Waals surface area contributed by atoms with Gasteiger partial charge in [-0.1, -0.05) is 23.5 Å². The number of nitrogens with zero attached hydrogens (tertiary/aromatic N) is 3. The number of aromatic nitrogens is 1. The van der Waals surface area contributed by atoms with Gasteiger partial charge in [0.25, 0.3) is 11.6 Å². The van der Waals surface area contributed by atoms with E-state index in [0.717, 1.165) is 16.2 Å². The molecule has 0 aliphatic carbocycles. The molecule has 0 fully saturated rings. The van der Waals surface area contributed by atoms with E-state index >= 15 is 0 Å². The average molecular weight is 465 g/mol. The molecule has 0 bridgehead atoms. The fraction of sp³-hybridized carbons (Fsp3) is 0.0455. The molecule has 1 unspecified atom stereocenters. The van der Waals surface area contributed by atoms with Gasteiger partial charge in [-0.15, -0.1) is 0 Å². The highest BCUT2D eigenvalue weighted by Crippen LogP contribution is 2.44. The lowest BCUT2D eigenvalue weighted by atomic mass is 9.95. The summed E-state index contributed by atoms with van der Waals surface area (Å²) in [6, 6.07) is 10.9. The highest BCUT2D eigenvalue weighted by molar-refractivity contribution is 7.22. The number of carbonyl (C=O) groups excluding carboxylic acids is 2. The van der Waals surface area contributed by atoms with Gasteiger partial charge in [0.15, 0.2) is 16.7 Å². The summed E-state index contributed by atoms with van der Waals surface area (Å²) < 4.78 is 19.3. The SMILES string of the molecule is O=C(C1=C(O)C(=O)N(c2nc3ccc(F)cc3s2)C1c1cccc([N+](=O)[O-])c1)c1ccco1. The summed E-state index contributed by atoms with van der Waals surface area (Å²) >= 11 is 0.982. The van der Waals surface area contributed by atoms with E-state index in [0.29, 0.717) is 10.2 Å². The van der Waals surface area contributed by atoms with E-state index in [2.05, 4.69) is 4.98 Å². The van der Waals surface area contributed by atoms with Crippen LogP contribution in [0.1, 0.15) is 22.2 Å². The van der Waals surface area contributed by atoms with Crippen LogP contribution in [0.15, 0.2) is 76.6 Å². The molecule has 4 aromatic rings. The number of aliphatic hydroxyl groups excluding tert-OH is 1. The van der Waals surface area contributed by atoms with E-state index in [9.17, 15) is 29.2 Å². The highest BCUT2D eigenvalue weighted by Gasteiger charge is 2.46. The fourth-order valence-corrected chi connectivity index (χ4v) is 4.71. The summed E-state index contributed by atoms with van der Waals surface area (Å²) in [5.41, 5.74) is 0.0533. The van der Waals surface area contributed by atoms with Gasteiger partial charge in [-0.25, -0.2) is 9.37 Å². The number of rotatable bonds is 5. The third-order valence-corrected chi connectivity index (χ3v) is 6.16. The van der Waals surface area contributed by atoms with E-state index in [-0.39, 0.29) is 27.7 Å². The molecule has 1 atom stereocenters. The first-order valence-electron chi connectivity index (χ1n) is 9.50. The summed E-state index contributed by atoms with van der Waals surface area (Å²) in [7, 11) is 0. The first-order valence-corrected chi connectivity index (χ1v) is 10.3. The predicted molar refractivity (Wildman–Crippen MR) is 116 cm³/mol. The lowest BCUT2D eigenvalue weighted by molar-refractivity contribution is -0.384. The minimum atomic E-state index is -1.22. The molecule has 1 N–H and O–H groups in total. The Morgan fingerprint density at radius 3 is 2.76 bits per heavy atom. The summed E-state index contributed by atoms with van der Waals surface area (Å²) in [5, 5.41) is 22.1. The van der Waals surface area contributed by atoms with Crippen LogP contribution in [-0.2, 0) is 4.79 Å². The van der Waals surface area contributed by atoms with Crippen LogP contribution in [0.25, 0.3) is 10.2 Å². The third-order valence-electron chi connectivity index (χ3n) is 5.14. The number of Topliss-reactive ketones (excluding diaryl/α,β-unsaturated/α-hetero) is 1. The van der Waals surface area contributed by atoms with Gasteiger partial charge < -0.3 is 9.52 Å². The molecule has 2 aromatic carbocycles. The third kappa shape index (κ3) is 3.34. The van der Waals surface area contributed by atoms with Crippen molar-refractivity contribution in [1.82, 2.24) is 4.98 Å². The van der Waals surface area contributed by atoms with Crippen LogP contribution in [0.2, 0.25) is 0 Å². The number of ketones is 1. The molecule has 5 rings (SSSR count). The monoisotopic (exact) mass is 465 g/mol.